The van der Waals surface area contributed by atoms with Crippen LogP contribution in [0.15, 0.2) is 42.5 Å². The Morgan fingerprint density at radius 2 is 1.77 bits per heavy atom. The van der Waals surface area contributed by atoms with Crippen LogP contribution in [0, 0.1) is 5.82 Å². The fourth-order valence-electron chi connectivity index (χ4n) is 2.85. The van der Waals surface area contributed by atoms with Crippen LogP contribution in [0.5, 0.6) is 0 Å². The summed E-state index contributed by atoms with van der Waals surface area (Å²) in [5, 5.41) is 0. The number of carbonyl (C=O) groups excluding carboxylic acids is 1. The van der Waals surface area contributed by atoms with Gasteiger partial charge in [0.1, 0.15) is 5.82 Å². The van der Waals surface area contributed by atoms with Crippen molar-refractivity contribution in [1.29, 1.82) is 0 Å². The van der Waals surface area contributed by atoms with Gasteiger partial charge >= 0.3 is 0 Å². The molecule has 2 nitrogen and oxygen atoms in total. The highest BCUT2D eigenvalue weighted by Crippen LogP contribution is 2.30. The van der Waals surface area contributed by atoms with Crippen LogP contribution < -0.4 is 4.90 Å². The summed E-state index contributed by atoms with van der Waals surface area (Å²) >= 11 is 0. The zero-order valence-corrected chi connectivity index (χ0v) is 13.2. The summed E-state index contributed by atoms with van der Waals surface area (Å²) in [5.41, 5.74) is 3.67. The molecule has 2 aromatic rings. The lowest BCUT2D eigenvalue weighted by molar-refractivity contribution is 0.0989. The van der Waals surface area contributed by atoms with Crippen LogP contribution in [-0.2, 0) is 11.8 Å². The fraction of sp³-hybridized carbons (Fsp3) is 0.316. The molecule has 1 heterocycles. The topological polar surface area (TPSA) is 20.3 Å². The summed E-state index contributed by atoms with van der Waals surface area (Å²) in [6.07, 6.45) is 0.707. The molecule has 0 aliphatic carbocycles. The van der Waals surface area contributed by atoms with Gasteiger partial charge in [0.2, 0.25) is 0 Å². The van der Waals surface area contributed by atoms with Crippen LogP contribution in [0.2, 0.25) is 0 Å². The van der Waals surface area contributed by atoms with Gasteiger partial charge in [-0.25, -0.2) is 4.39 Å². The van der Waals surface area contributed by atoms with Gasteiger partial charge in [-0.15, -0.1) is 0 Å². The van der Waals surface area contributed by atoms with E-state index in [1.54, 1.807) is 11.0 Å². The third-order valence-corrected chi connectivity index (χ3v) is 4.18. The van der Waals surface area contributed by atoms with Crippen molar-refractivity contribution in [1.82, 2.24) is 0 Å². The normalized spacial score (nSPS) is 14.1. The molecule has 1 amide bonds. The van der Waals surface area contributed by atoms with E-state index in [4.69, 9.17) is 0 Å². The van der Waals surface area contributed by atoms with E-state index >= 15 is 0 Å². The van der Waals surface area contributed by atoms with E-state index in [1.165, 1.54) is 17.7 Å². The van der Waals surface area contributed by atoms with Gasteiger partial charge in [0.15, 0.2) is 0 Å². The van der Waals surface area contributed by atoms with Gasteiger partial charge in [-0.2, -0.15) is 0 Å². The van der Waals surface area contributed by atoms with Gasteiger partial charge in [-0.1, -0.05) is 32.9 Å². The van der Waals surface area contributed by atoms with Crippen LogP contribution in [-0.4, -0.2) is 12.5 Å². The van der Waals surface area contributed by atoms with Gasteiger partial charge in [0.25, 0.3) is 5.91 Å². The second kappa shape index (κ2) is 5.24. The highest BCUT2D eigenvalue weighted by atomic mass is 19.1. The smallest absolute Gasteiger partial charge is 0.258 e. The van der Waals surface area contributed by atoms with E-state index in [0.29, 0.717) is 18.5 Å². The number of benzene rings is 2. The zero-order chi connectivity index (χ0) is 15.9. The van der Waals surface area contributed by atoms with Crippen molar-refractivity contribution in [3.8, 4) is 0 Å². The monoisotopic (exact) mass is 297 g/mol. The number of anilines is 1. The Balaban J connectivity index is 1.87. The van der Waals surface area contributed by atoms with Crippen molar-refractivity contribution < 1.29 is 9.18 Å². The standard InChI is InChI=1S/C19H20FNO/c1-19(2,3)15-6-4-13(5-7-15)18(22)21-11-10-14-12-16(20)8-9-17(14)21/h4-9,12H,10-11H2,1-3H3. The Kier molecular flexibility index (Phi) is 3.51. The maximum atomic E-state index is 13.3. The minimum absolute atomic E-state index is 0.0224. The Labute approximate surface area is 130 Å². The highest BCUT2D eigenvalue weighted by Gasteiger charge is 2.26. The van der Waals surface area contributed by atoms with Crippen molar-refractivity contribution in [2.24, 2.45) is 0 Å². The van der Waals surface area contributed by atoms with Crippen LogP contribution in [0.4, 0.5) is 10.1 Å². The van der Waals surface area contributed by atoms with E-state index in [-0.39, 0.29) is 17.1 Å². The van der Waals surface area contributed by atoms with Gasteiger partial charge in [-0.05, 0) is 53.3 Å². The summed E-state index contributed by atoms with van der Waals surface area (Å²) in [6, 6.07) is 12.4. The number of halogens is 1. The van der Waals surface area contributed by atoms with Crippen LogP contribution in [0.3, 0.4) is 0 Å². The largest absolute Gasteiger partial charge is 0.308 e. The maximum absolute atomic E-state index is 13.3. The van der Waals surface area contributed by atoms with E-state index in [0.717, 1.165) is 11.3 Å². The number of hydrogen-bond donors (Lipinski definition) is 0. The summed E-state index contributed by atoms with van der Waals surface area (Å²) in [4.78, 5) is 14.4. The molecule has 3 heteroatoms. The Hall–Kier alpha value is -2.16. The quantitative estimate of drug-likeness (QED) is 0.767. The van der Waals surface area contributed by atoms with Crippen molar-refractivity contribution in [3.63, 3.8) is 0 Å². The summed E-state index contributed by atoms with van der Waals surface area (Å²) < 4.78 is 13.3. The van der Waals surface area contributed by atoms with Crippen molar-refractivity contribution in [2.45, 2.75) is 32.6 Å². The van der Waals surface area contributed by atoms with Gasteiger partial charge in [0.05, 0.1) is 0 Å². The van der Waals surface area contributed by atoms with E-state index in [2.05, 4.69) is 20.8 Å². The summed E-state index contributed by atoms with van der Waals surface area (Å²) in [7, 11) is 0. The molecule has 2 aromatic carbocycles. The summed E-state index contributed by atoms with van der Waals surface area (Å²) in [6.45, 7) is 7.05. The molecular weight excluding hydrogens is 277 g/mol. The SMILES string of the molecule is CC(C)(C)c1ccc(C(=O)N2CCc3cc(F)ccc32)cc1. The average Bonchev–Trinajstić information content (AvgIpc) is 2.88. The first-order chi connectivity index (χ1) is 10.4. The van der Waals surface area contributed by atoms with Gasteiger partial charge in [0, 0.05) is 17.8 Å². The molecule has 0 bridgehead atoms. The van der Waals surface area contributed by atoms with Crippen molar-refractivity contribution in [2.75, 3.05) is 11.4 Å². The number of hydrogen-bond acceptors (Lipinski definition) is 1. The van der Waals surface area contributed by atoms with E-state index in [9.17, 15) is 9.18 Å². The Morgan fingerprint density at radius 3 is 2.41 bits per heavy atom. The number of rotatable bonds is 1. The molecule has 1 aliphatic heterocycles. The second-order valence-electron chi connectivity index (χ2n) is 6.81. The highest BCUT2D eigenvalue weighted by molar-refractivity contribution is 6.07. The van der Waals surface area contributed by atoms with Crippen molar-refractivity contribution >= 4 is 11.6 Å². The maximum Gasteiger partial charge on any atom is 0.258 e. The molecule has 0 aromatic heterocycles. The fourth-order valence-corrected chi connectivity index (χ4v) is 2.85. The van der Waals surface area contributed by atoms with Crippen LogP contribution in [0.25, 0.3) is 0 Å². The average molecular weight is 297 g/mol. The molecule has 0 atom stereocenters. The molecule has 0 saturated heterocycles. The minimum atomic E-state index is -0.248. The lowest BCUT2D eigenvalue weighted by atomic mass is 9.86. The number of fused-ring (bicyclic) bond motifs is 1. The molecule has 0 saturated carbocycles. The Bertz CT molecular complexity index is 713. The number of carbonyl (C=O) groups is 1. The molecule has 3 rings (SSSR count). The van der Waals surface area contributed by atoms with E-state index < -0.39 is 0 Å². The predicted octanol–water partition coefficient (Wildman–Crippen LogP) is 4.33. The lowest BCUT2D eigenvalue weighted by Gasteiger charge is -2.21. The molecule has 0 fully saturated rings. The zero-order valence-electron chi connectivity index (χ0n) is 13.2. The number of nitrogens with zero attached hydrogens (tertiary/aromatic N) is 1. The second-order valence-corrected chi connectivity index (χ2v) is 6.81. The predicted molar refractivity (Wildman–Crippen MR) is 86.9 cm³/mol. The molecular formula is C19H20FNO. The minimum Gasteiger partial charge on any atom is -0.308 e. The molecule has 1 aliphatic rings. The first kappa shape index (κ1) is 14.8. The molecule has 114 valence electrons. The molecule has 0 radical (unpaired) electrons. The molecule has 0 spiro atoms. The number of amides is 1. The third-order valence-electron chi connectivity index (χ3n) is 4.18. The van der Waals surface area contributed by atoms with Crippen molar-refractivity contribution in [3.05, 3.63) is 65.0 Å². The molecule has 0 N–H and O–H groups in total. The van der Waals surface area contributed by atoms with Crippen LogP contribution >= 0.6 is 0 Å². The molecule has 22 heavy (non-hydrogen) atoms. The van der Waals surface area contributed by atoms with E-state index in [1.807, 2.05) is 24.3 Å². The first-order valence-electron chi connectivity index (χ1n) is 7.57. The molecule has 0 unspecified atom stereocenters. The first-order valence-corrected chi connectivity index (χ1v) is 7.57. The van der Waals surface area contributed by atoms with Gasteiger partial charge in [-0.3, -0.25) is 4.79 Å². The third kappa shape index (κ3) is 2.63. The van der Waals surface area contributed by atoms with Gasteiger partial charge < -0.3 is 4.90 Å². The van der Waals surface area contributed by atoms with Crippen LogP contribution in [0.1, 0.15) is 42.3 Å². The lowest BCUT2D eigenvalue weighted by Crippen LogP contribution is -2.28. The Morgan fingerprint density at radius 1 is 1.09 bits per heavy atom. The summed E-state index contributed by atoms with van der Waals surface area (Å²) in [5.74, 6) is -0.270.